The minimum absolute atomic E-state index is 0.0947. The summed E-state index contributed by atoms with van der Waals surface area (Å²) in [4.78, 5) is 4.85. The van der Waals surface area contributed by atoms with Gasteiger partial charge >= 0.3 is 0 Å². The number of rotatable bonds is 2. The van der Waals surface area contributed by atoms with Crippen molar-refractivity contribution in [3.05, 3.63) is 47.5 Å². The van der Waals surface area contributed by atoms with E-state index >= 15 is 0 Å². The zero-order valence-electron chi connectivity index (χ0n) is 10.7. The molecule has 2 heterocycles. The molecule has 1 aromatic rings. The van der Waals surface area contributed by atoms with E-state index < -0.39 is 0 Å². The smallest absolute Gasteiger partial charge is 0.169 e. The number of hydrogen-bond acceptors (Lipinski definition) is 4. The van der Waals surface area contributed by atoms with Crippen molar-refractivity contribution >= 4 is 11.8 Å². The number of piperazine rings is 1. The Balaban J connectivity index is 1.88. The average molecular weight is 261 g/mol. The summed E-state index contributed by atoms with van der Waals surface area (Å²) < 4.78 is 0. The molecular formula is C14H19N3S. The normalized spacial score (nSPS) is 29.4. The van der Waals surface area contributed by atoms with E-state index in [0.717, 1.165) is 26.2 Å². The van der Waals surface area contributed by atoms with Crippen molar-refractivity contribution in [1.82, 2.24) is 15.1 Å². The molecule has 1 unspecified atom stereocenters. The van der Waals surface area contributed by atoms with Gasteiger partial charge in [-0.05, 0) is 12.5 Å². The van der Waals surface area contributed by atoms with Crippen LogP contribution in [0, 0.1) is 0 Å². The van der Waals surface area contributed by atoms with Crippen LogP contribution in [0.1, 0.15) is 5.56 Å². The largest absolute Gasteiger partial charge is 0.360 e. The molecule has 3 nitrogen and oxygen atoms in total. The molecule has 0 spiro atoms. The van der Waals surface area contributed by atoms with Crippen LogP contribution in [0.15, 0.2) is 41.9 Å². The number of likely N-dealkylation sites (N-methyl/N-ethyl adjacent to an activating group) is 1. The number of benzene rings is 1. The van der Waals surface area contributed by atoms with Gasteiger partial charge in [0.15, 0.2) is 4.99 Å². The lowest BCUT2D eigenvalue weighted by molar-refractivity contribution is 0.0827. The van der Waals surface area contributed by atoms with Crippen molar-refractivity contribution in [2.24, 2.45) is 0 Å². The maximum absolute atomic E-state index is 3.56. The summed E-state index contributed by atoms with van der Waals surface area (Å²) in [5.74, 6) is 0. The topological polar surface area (TPSA) is 18.5 Å². The first-order chi connectivity index (χ1) is 8.81. The zero-order chi connectivity index (χ0) is 12.4. The van der Waals surface area contributed by atoms with E-state index in [1.165, 1.54) is 5.56 Å². The van der Waals surface area contributed by atoms with Gasteiger partial charge in [0.1, 0.15) is 0 Å². The molecule has 96 valence electrons. The summed E-state index contributed by atoms with van der Waals surface area (Å²) in [5, 5.41) is 5.72. The summed E-state index contributed by atoms with van der Waals surface area (Å²) in [6.07, 6.45) is 2.07. The first kappa shape index (κ1) is 12.1. The molecule has 2 aliphatic rings. The summed E-state index contributed by atoms with van der Waals surface area (Å²) in [6.45, 7) is 4.48. The lowest BCUT2D eigenvalue weighted by atomic mass is 10.1. The van der Waals surface area contributed by atoms with Gasteiger partial charge in [-0.2, -0.15) is 0 Å². The van der Waals surface area contributed by atoms with E-state index in [0.29, 0.717) is 0 Å². The third-order valence-corrected chi connectivity index (χ3v) is 4.92. The molecular weight excluding hydrogens is 242 g/mol. The average Bonchev–Trinajstić information content (AvgIpc) is 2.91. The molecule has 1 aromatic carbocycles. The Morgan fingerprint density at radius 2 is 1.83 bits per heavy atom. The second-order valence-corrected chi connectivity index (χ2v) is 5.96. The van der Waals surface area contributed by atoms with Gasteiger partial charge in [0.2, 0.25) is 0 Å². The van der Waals surface area contributed by atoms with Gasteiger partial charge in [-0.15, -0.1) is 0 Å². The van der Waals surface area contributed by atoms with Gasteiger partial charge in [-0.1, -0.05) is 42.1 Å². The summed E-state index contributed by atoms with van der Waals surface area (Å²) >= 11 is 1.87. The molecule has 1 N–H and O–H groups in total. The van der Waals surface area contributed by atoms with Crippen molar-refractivity contribution in [1.29, 1.82) is 0 Å². The van der Waals surface area contributed by atoms with Crippen LogP contribution in [0.25, 0.3) is 0 Å². The molecule has 0 amide bonds. The highest BCUT2D eigenvalue weighted by Crippen LogP contribution is 2.41. The van der Waals surface area contributed by atoms with Gasteiger partial charge in [-0.25, -0.2) is 0 Å². The third kappa shape index (κ3) is 2.05. The fourth-order valence-corrected chi connectivity index (χ4v) is 3.67. The Kier molecular flexibility index (Phi) is 3.33. The molecule has 0 aliphatic carbocycles. The minimum atomic E-state index is -0.0947. The van der Waals surface area contributed by atoms with E-state index in [4.69, 9.17) is 0 Å². The highest BCUT2D eigenvalue weighted by Gasteiger charge is 2.41. The fraction of sp³-hybridized carbons (Fsp3) is 0.429. The van der Waals surface area contributed by atoms with E-state index in [2.05, 4.69) is 64.1 Å². The molecule has 0 bridgehead atoms. The lowest BCUT2D eigenvalue weighted by Gasteiger charge is -2.44. The fourth-order valence-electron chi connectivity index (χ4n) is 2.60. The minimum Gasteiger partial charge on any atom is -0.360 e. The Bertz CT molecular complexity index is 416. The van der Waals surface area contributed by atoms with Crippen molar-refractivity contribution in [3.8, 4) is 0 Å². The maximum Gasteiger partial charge on any atom is 0.169 e. The second-order valence-electron chi connectivity index (χ2n) is 4.87. The van der Waals surface area contributed by atoms with Gasteiger partial charge in [0.25, 0.3) is 0 Å². The van der Waals surface area contributed by atoms with Crippen LogP contribution in [-0.2, 0) is 4.99 Å². The Morgan fingerprint density at radius 3 is 2.44 bits per heavy atom. The number of nitrogens with one attached hydrogen (secondary N) is 1. The molecule has 4 heteroatoms. The van der Waals surface area contributed by atoms with Crippen LogP contribution < -0.4 is 5.32 Å². The van der Waals surface area contributed by atoms with E-state index in [1.54, 1.807) is 0 Å². The second kappa shape index (κ2) is 4.96. The number of nitrogens with zero attached hydrogens (tertiary/aromatic N) is 2. The monoisotopic (exact) mass is 261 g/mol. The van der Waals surface area contributed by atoms with Crippen molar-refractivity contribution in [3.63, 3.8) is 0 Å². The van der Waals surface area contributed by atoms with Gasteiger partial charge in [0, 0.05) is 37.9 Å². The summed E-state index contributed by atoms with van der Waals surface area (Å²) in [5.41, 5.74) is 1.34. The maximum atomic E-state index is 3.56. The summed E-state index contributed by atoms with van der Waals surface area (Å²) in [6, 6.07) is 10.7. The predicted molar refractivity (Wildman–Crippen MR) is 77.1 cm³/mol. The van der Waals surface area contributed by atoms with Gasteiger partial charge in [0.05, 0.1) is 0 Å². The molecule has 0 saturated carbocycles. The molecule has 1 fully saturated rings. The van der Waals surface area contributed by atoms with Gasteiger partial charge < -0.3 is 10.2 Å². The van der Waals surface area contributed by atoms with Crippen LogP contribution in [-0.4, -0.2) is 43.0 Å². The third-order valence-electron chi connectivity index (χ3n) is 3.70. The first-order valence-electron chi connectivity index (χ1n) is 6.41. The highest BCUT2D eigenvalue weighted by molar-refractivity contribution is 8.03. The summed E-state index contributed by atoms with van der Waals surface area (Å²) in [7, 11) is 2.19. The first-order valence-corrected chi connectivity index (χ1v) is 7.29. The Morgan fingerprint density at radius 1 is 1.11 bits per heavy atom. The molecule has 2 aliphatic heterocycles. The van der Waals surface area contributed by atoms with Crippen LogP contribution in [0.3, 0.4) is 0 Å². The van der Waals surface area contributed by atoms with Crippen LogP contribution in [0.4, 0.5) is 0 Å². The molecule has 1 atom stereocenters. The van der Waals surface area contributed by atoms with Crippen molar-refractivity contribution < 1.29 is 0 Å². The SMILES string of the molecule is CN1CCN(C2(c3ccccc3)NC=CS2)CC1. The van der Waals surface area contributed by atoms with Crippen LogP contribution in [0.2, 0.25) is 0 Å². The van der Waals surface area contributed by atoms with Crippen molar-refractivity contribution in [2.75, 3.05) is 33.2 Å². The molecule has 18 heavy (non-hydrogen) atoms. The van der Waals surface area contributed by atoms with E-state index in [1.807, 2.05) is 11.8 Å². The number of thioether (sulfide) groups is 1. The van der Waals surface area contributed by atoms with Crippen LogP contribution in [0.5, 0.6) is 0 Å². The Hall–Kier alpha value is -0.970. The molecule has 0 radical (unpaired) electrons. The zero-order valence-corrected chi connectivity index (χ0v) is 11.5. The predicted octanol–water partition coefficient (Wildman–Crippen LogP) is 1.85. The van der Waals surface area contributed by atoms with Gasteiger partial charge in [-0.3, -0.25) is 4.90 Å². The molecule has 3 rings (SSSR count). The molecule has 0 aromatic heterocycles. The standard InChI is InChI=1S/C14H19N3S/c1-16-8-10-17(11-9-16)14(15-7-12-18-14)13-5-3-2-4-6-13/h2-7,12,15H,8-11H2,1H3. The Labute approximate surface area is 113 Å². The quantitative estimate of drug-likeness (QED) is 0.875. The number of hydrogen-bond donors (Lipinski definition) is 1. The highest BCUT2D eigenvalue weighted by atomic mass is 32.2. The van der Waals surface area contributed by atoms with Crippen LogP contribution >= 0.6 is 11.8 Å². The van der Waals surface area contributed by atoms with E-state index in [-0.39, 0.29) is 4.99 Å². The van der Waals surface area contributed by atoms with Crippen molar-refractivity contribution in [2.45, 2.75) is 4.99 Å². The lowest BCUT2D eigenvalue weighted by Crippen LogP contribution is -2.57. The molecule has 1 saturated heterocycles. The van der Waals surface area contributed by atoms with E-state index in [9.17, 15) is 0 Å².